The number of nitrogens with zero attached hydrogens (tertiary/aromatic N) is 2. The summed E-state index contributed by atoms with van der Waals surface area (Å²) in [6, 6.07) is 10.6. The first-order valence-corrected chi connectivity index (χ1v) is 10.0. The standard InChI is InChI=1S/C21H20ClN3O4S/c1-12-19(30-21(24-12)15-7-6-14(22)10-17(15)28-3)20(26)25-23-11-13-5-8-16(27-2)18(9-13)29-4/h5-11H,1-4H3,(H,25,26)/b23-11+. The van der Waals surface area contributed by atoms with Crippen molar-refractivity contribution in [3.63, 3.8) is 0 Å². The van der Waals surface area contributed by atoms with Gasteiger partial charge in [-0.3, -0.25) is 4.79 Å². The lowest BCUT2D eigenvalue weighted by molar-refractivity contribution is 0.0958. The molecule has 1 aromatic heterocycles. The molecule has 1 N–H and O–H groups in total. The molecular weight excluding hydrogens is 426 g/mol. The maximum atomic E-state index is 12.6. The van der Waals surface area contributed by atoms with Gasteiger partial charge in [-0.15, -0.1) is 11.3 Å². The first kappa shape index (κ1) is 21.6. The molecule has 0 unspecified atom stereocenters. The molecule has 0 radical (unpaired) electrons. The molecular formula is C21H20ClN3O4S. The van der Waals surface area contributed by atoms with Crippen LogP contribution in [0.25, 0.3) is 10.6 Å². The van der Waals surface area contributed by atoms with E-state index in [0.717, 1.165) is 11.1 Å². The summed E-state index contributed by atoms with van der Waals surface area (Å²) in [6.45, 7) is 1.77. The Balaban J connectivity index is 1.76. The molecule has 0 aliphatic heterocycles. The Morgan fingerprint density at radius 3 is 2.50 bits per heavy atom. The summed E-state index contributed by atoms with van der Waals surface area (Å²) in [6.07, 6.45) is 1.53. The van der Waals surface area contributed by atoms with Gasteiger partial charge in [0.2, 0.25) is 0 Å². The predicted octanol–water partition coefficient (Wildman–Crippen LogP) is 4.56. The number of aromatic nitrogens is 1. The summed E-state index contributed by atoms with van der Waals surface area (Å²) in [5, 5.41) is 5.26. The molecule has 3 rings (SSSR count). The van der Waals surface area contributed by atoms with Crippen molar-refractivity contribution in [2.45, 2.75) is 6.92 Å². The van der Waals surface area contributed by atoms with Gasteiger partial charge in [0.1, 0.15) is 15.6 Å². The molecule has 156 valence electrons. The normalized spacial score (nSPS) is 10.8. The Kier molecular flexibility index (Phi) is 6.91. The number of carbonyl (C=O) groups is 1. The molecule has 7 nitrogen and oxygen atoms in total. The smallest absolute Gasteiger partial charge is 0.283 e. The van der Waals surface area contributed by atoms with Crippen molar-refractivity contribution in [3.05, 3.63) is 57.6 Å². The van der Waals surface area contributed by atoms with Crippen molar-refractivity contribution in [1.82, 2.24) is 10.4 Å². The van der Waals surface area contributed by atoms with Crippen molar-refractivity contribution in [2.75, 3.05) is 21.3 Å². The molecule has 0 aliphatic rings. The van der Waals surface area contributed by atoms with E-state index >= 15 is 0 Å². The minimum atomic E-state index is -0.346. The number of methoxy groups -OCH3 is 3. The molecule has 0 aliphatic carbocycles. The van der Waals surface area contributed by atoms with Crippen molar-refractivity contribution >= 4 is 35.1 Å². The van der Waals surface area contributed by atoms with Gasteiger partial charge in [0.15, 0.2) is 11.5 Å². The number of ether oxygens (including phenoxy) is 3. The number of aryl methyl sites for hydroxylation is 1. The van der Waals surface area contributed by atoms with Crippen LogP contribution in [0.1, 0.15) is 20.9 Å². The molecule has 3 aromatic rings. The number of nitrogens with one attached hydrogen (secondary N) is 1. The number of thiazole rings is 1. The van der Waals surface area contributed by atoms with E-state index < -0.39 is 0 Å². The number of halogens is 1. The number of carbonyl (C=O) groups excluding carboxylic acids is 1. The summed E-state index contributed by atoms with van der Waals surface area (Å²) >= 11 is 7.28. The lowest BCUT2D eigenvalue weighted by Gasteiger charge is -2.07. The third-order valence-electron chi connectivity index (χ3n) is 4.18. The predicted molar refractivity (Wildman–Crippen MR) is 118 cm³/mol. The van der Waals surface area contributed by atoms with Gasteiger partial charge in [-0.05, 0) is 48.9 Å². The maximum absolute atomic E-state index is 12.6. The van der Waals surface area contributed by atoms with Crippen LogP contribution in [-0.4, -0.2) is 38.4 Å². The van der Waals surface area contributed by atoms with Crippen molar-refractivity contribution in [3.8, 4) is 27.8 Å². The van der Waals surface area contributed by atoms with E-state index in [0.29, 0.717) is 37.8 Å². The van der Waals surface area contributed by atoms with Crippen LogP contribution in [0.2, 0.25) is 5.02 Å². The number of hydrogen-bond acceptors (Lipinski definition) is 7. The summed E-state index contributed by atoms with van der Waals surface area (Å²) in [5.41, 5.74) is 4.65. The molecule has 2 aromatic carbocycles. The highest BCUT2D eigenvalue weighted by atomic mass is 35.5. The van der Waals surface area contributed by atoms with Crippen LogP contribution in [0.15, 0.2) is 41.5 Å². The van der Waals surface area contributed by atoms with Crippen LogP contribution in [0.5, 0.6) is 17.2 Å². The topological polar surface area (TPSA) is 82.0 Å². The SMILES string of the molecule is COc1ccc(/C=N/NC(=O)c2sc(-c3ccc(Cl)cc3OC)nc2C)cc1OC. The van der Waals surface area contributed by atoms with Crippen LogP contribution in [0, 0.1) is 6.92 Å². The third-order valence-corrected chi connectivity index (χ3v) is 5.61. The Morgan fingerprint density at radius 2 is 1.80 bits per heavy atom. The Morgan fingerprint density at radius 1 is 1.07 bits per heavy atom. The van der Waals surface area contributed by atoms with E-state index in [1.165, 1.54) is 17.6 Å². The zero-order chi connectivity index (χ0) is 21.7. The molecule has 0 atom stereocenters. The molecule has 0 saturated carbocycles. The van der Waals surface area contributed by atoms with Crippen LogP contribution in [-0.2, 0) is 0 Å². The van der Waals surface area contributed by atoms with Crippen LogP contribution in [0.4, 0.5) is 0 Å². The number of hydrazone groups is 1. The second kappa shape index (κ2) is 9.60. The van der Waals surface area contributed by atoms with Gasteiger partial charge in [-0.1, -0.05) is 11.6 Å². The first-order chi connectivity index (χ1) is 14.5. The number of hydrogen-bond donors (Lipinski definition) is 1. The van der Waals surface area contributed by atoms with E-state index in [1.807, 2.05) is 6.07 Å². The highest BCUT2D eigenvalue weighted by molar-refractivity contribution is 7.17. The zero-order valence-corrected chi connectivity index (χ0v) is 18.4. The number of benzene rings is 2. The Hall–Kier alpha value is -3.10. The van der Waals surface area contributed by atoms with Gasteiger partial charge in [-0.25, -0.2) is 10.4 Å². The highest BCUT2D eigenvalue weighted by Crippen LogP contribution is 2.36. The van der Waals surface area contributed by atoms with Gasteiger partial charge in [0.05, 0.1) is 38.8 Å². The van der Waals surface area contributed by atoms with Crippen molar-refractivity contribution < 1.29 is 19.0 Å². The van der Waals surface area contributed by atoms with Gasteiger partial charge >= 0.3 is 0 Å². The molecule has 1 amide bonds. The Labute approximate surface area is 183 Å². The van der Waals surface area contributed by atoms with E-state index in [9.17, 15) is 4.79 Å². The fraction of sp³-hybridized carbons (Fsp3) is 0.190. The molecule has 0 fully saturated rings. The maximum Gasteiger partial charge on any atom is 0.283 e. The van der Waals surface area contributed by atoms with Gasteiger partial charge in [-0.2, -0.15) is 5.10 Å². The van der Waals surface area contributed by atoms with Crippen LogP contribution in [0.3, 0.4) is 0 Å². The summed E-state index contributed by atoms with van der Waals surface area (Å²) in [5.74, 6) is 1.44. The van der Waals surface area contributed by atoms with E-state index in [-0.39, 0.29) is 5.91 Å². The second-order valence-corrected chi connectivity index (χ2v) is 7.53. The highest BCUT2D eigenvalue weighted by Gasteiger charge is 2.18. The van der Waals surface area contributed by atoms with Gasteiger partial charge in [0, 0.05) is 5.02 Å². The molecule has 0 saturated heterocycles. The average molecular weight is 446 g/mol. The molecule has 1 heterocycles. The quantitative estimate of drug-likeness (QED) is 0.425. The van der Waals surface area contributed by atoms with Crippen LogP contribution >= 0.6 is 22.9 Å². The monoisotopic (exact) mass is 445 g/mol. The average Bonchev–Trinajstić information content (AvgIpc) is 3.14. The second-order valence-electron chi connectivity index (χ2n) is 6.09. The van der Waals surface area contributed by atoms with E-state index in [2.05, 4.69) is 15.5 Å². The first-order valence-electron chi connectivity index (χ1n) is 8.83. The Bertz CT molecular complexity index is 1100. The summed E-state index contributed by atoms with van der Waals surface area (Å²) in [4.78, 5) is 17.5. The van der Waals surface area contributed by atoms with Crippen molar-refractivity contribution in [2.24, 2.45) is 5.10 Å². The largest absolute Gasteiger partial charge is 0.496 e. The zero-order valence-electron chi connectivity index (χ0n) is 16.9. The lowest BCUT2D eigenvalue weighted by Crippen LogP contribution is -2.17. The lowest BCUT2D eigenvalue weighted by atomic mass is 10.2. The number of rotatable bonds is 7. The van der Waals surface area contributed by atoms with Gasteiger partial charge < -0.3 is 14.2 Å². The minimum Gasteiger partial charge on any atom is -0.496 e. The molecule has 0 spiro atoms. The van der Waals surface area contributed by atoms with Crippen LogP contribution < -0.4 is 19.6 Å². The minimum absolute atomic E-state index is 0.346. The summed E-state index contributed by atoms with van der Waals surface area (Å²) in [7, 11) is 4.68. The van der Waals surface area contributed by atoms with E-state index in [4.69, 9.17) is 25.8 Å². The molecule has 0 bridgehead atoms. The summed E-state index contributed by atoms with van der Waals surface area (Å²) < 4.78 is 15.8. The van der Waals surface area contributed by atoms with Crippen molar-refractivity contribution in [1.29, 1.82) is 0 Å². The number of amides is 1. The van der Waals surface area contributed by atoms with E-state index in [1.54, 1.807) is 58.6 Å². The third kappa shape index (κ3) is 4.72. The van der Waals surface area contributed by atoms with Gasteiger partial charge in [0.25, 0.3) is 5.91 Å². The molecule has 30 heavy (non-hydrogen) atoms. The molecule has 9 heteroatoms. The fourth-order valence-corrected chi connectivity index (χ4v) is 3.86. The fourth-order valence-electron chi connectivity index (χ4n) is 2.71.